The van der Waals surface area contributed by atoms with Crippen molar-refractivity contribution in [1.29, 1.82) is 0 Å². The maximum absolute atomic E-state index is 11.3. The molecule has 1 aromatic heterocycles. The second kappa shape index (κ2) is 6.51. The third-order valence-electron chi connectivity index (χ3n) is 2.75. The Balaban J connectivity index is 1.98. The van der Waals surface area contributed by atoms with Crippen molar-refractivity contribution in [2.75, 3.05) is 7.05 Å². The molecule has 7 heteroatoms. The number of amides is 1. The van der Waals surface area contributed by atoms with Crippen molar-refractivity contribution in [3.05, 3.63) is 52.4 Å². The zero-order chi connectivity index (χ0) is 14.5. The van der Waals surface area contributed by atoms with Gasteiger partial charge in [-0.15, -0.1) is 0 Å². The van der Waals surface area contributed by atoms with E-state index < -0.39 is 5.91 Å². The molecule has 0 aliphatic rings. The Kier molecular flexibility index (Phi) is 4.73. The van der Waals surface area contributed by atoms with Crippen LogP contribution in [-0.2, 0) is 13.1 Å². The second-order valence-electron chi connectivity index (χ2n) is 4.42. The van der Waals surface area contributed by atoms with E-state index in [0.717, 1.165) is 10.6 Å². The smallest absolute Gasteiger partial charge is 0.287 e. The van der Waals surface area contributed by atoms with Gasteiger partial charge in [0, 0.05) is 17.6 Å². The molecule has 3 N–H and O–H groups in total. The predicted molar refractivity (Wildman–Crippen MR) is 74.8 cm³/mol. The summed E-state index contributed by atoms with van der Waals surface area (Å²) in [6, 6.07) is 9.20. The number of hydrogen-bond donors (Lipinski definition) is 2. The first-order valence-electron chi connectivity index (χ1n) is 5.98. The normalized spacial score (nSPS) is 10.8. The molecule has 2 rings (SSSR count). The fourth-order valence-corrected chi connectivity index (χ4v) is 2.00. The number of carbonyl (C=O) groups is 1. The standard InChI is InChI=1S/C13H15ClN4O2/c1-18(7-9-4-2-3-5-11(9)14)8-10-6-12(17-20-10)13(19)16-15/h2-6H,7-8,15H2,1H3,(H,16,19). The molecule has 1 heterocycles. The van der Waals surface area contributed by atoms with E-state index in [1.165, 1.54) is 0 Å². The number of aromatic nitrogens is 1. The van der Waals surface area contributed by atoms with Gasteiger partial charge in [0.2, 0.25) is 0 Å². The Labute approximate surface area is 121 Å². The number of rotatable bonds is 5. The molecule has 0 saturated heterocycles. The highest BCUT2D eigenvalue weighted by atomic mass is 35.5. The number of benzene rings is 1. The summed E-state index contributed by atoms with van der Waals surface area (Å²) in [6.07, 6.45) is 0. The molecule has 0 unspecified atom stereocenters. The molecule has 0 saturated carbocycles. The molecule has 2 aromatic rings. The summed E-state index contributed by atoms with van der Waals surface area (Å²) in [5.41, 5.74) is 3.19. The predicted octanol–water partition coefficient (Wildman–Crippen LogP) is 1.56. The van der Waals surface area contributed by atoms with Crippen LogP contribution >= 0.6 is 11.6 Å². The number of nitrogens with zero attached hydrogens (tertiary/aromatic N) is 2. The Hall–Kier alpha value is -1.89. The van der Waals surface area contributed by atoms with Crippen LogP contribution in [0.2, 0.25) is 5.02 Å². The number of hydrogen-bond acceptors (Lipinski definition) is 5. The lowest BCUT2D eigenvalue weighted by Crippen LogP contribution is -2.30. The van der Waals surface area contributed by atoms with Gasteiger partial charge in [-0.2, -0.15) is 0 Å². The molecule has 0 aliphatic heterocycles. The molecule has 6 nitrogen and oxygen atoms in total. The second-order valence-corrected chi connectivity index (χ2v) is 4.82. The molecule has 1 aromatic carbocycles. The van der Waals surface area contributed by atoms with Gasteiger partial charge in [-0.1, -0.05) is 35.0 Å². The molecule has 0 fully saturated rings. The van der Waals surface area contributed by atoms with E-state index in [0.29, 0.717) is 18.8 Å². The average Bonchev–Trinajstić information content (AvgIpc) is 2.89. The lowest BCUT2D eigenvalue weighted by atomic mass is 10.2. The van der Waals surface area contributed by atoms with Gasteiger partial charge < -0.3 is 4.52 Å². The number of nitrogen functional groups attached to an aromatic ring is 1. The van der Waals surface area contributed by atoms with Crippen LogP contribution in [-0.4, -0.2) is 23.0 Å². The van der Waals surface area contributed by atoms with Crippen LogP contribution in [0.25, 0.3) is 0 Å². The fraction of sp³-hybridized carbons (Fsp3) is 0.231. The van der Waals surface area contributed by atoms with Crippen LogP contribution < -0.4 is 11.3 Å². The summed E-state index contributed by atoms with van der Waals surface area (Å²) in [5.74, 6) is 5.13. The van der Waals surface area contributed by atoms with E-state index in [4.69, 9.17) is 22.0 Å². The highest BCUT2D eigenvalue weighted by Gasteiger charge is 2.13. The van der Waals surface area contributed by atoms with E-state index in [2.05, 4.69) is 5.16 Å². The first-order chi connectivity index (χ1) is 9.60. The maximum Gasteiger partial charge on any atom is 0.287 e. The average molecular weight is 295 g/mol. The first-order valence-corrected chi connectivity index (χ1v) is 6.36. The third-order valence-corrected chi connectivity index (χ3v) is 3.12. The van der Waals surface area contributed by atoms with Crippen LogP contribution in [0.3, 0.4) is 0 Å². The zero-order valence-electron chi connectivity index (χ0n) is 11.0. The van der Waals surface area contributed by atoms with Crippen molar-refractivity contribution in [3.63, 3.8) is 0 Å². The van der Waals surface area contributed by atoms with E-state index >= 15 is 0 Å². The van der Waals surface area contributed by atoms with E-state index in [1.807, 2.05) is 41.6 Å². The van der Waals surface area contributed by atoms with Crippen molar-refractivity contribution >= 4 is 17.5 Å². The van der Waals surface area contributed by atoms with Crippen molar-refractivity contribution in [1.82, 2.24) is 15.5 Å². The Bertz CT molecular complexity index is 600. The zero-order valence-corrected chi connectivity index (χ0v) is 11.7. The van der Waals surface area contributed by atoms with Gasteiger partial charge >= 0.3 is 0 Å². The molecule has 0 bridgehead atoms. The maximum atomic E-state index is 11.3. The van der Waals surface area contributed by atoms with Crippen molar-refractivity contribution in [3.8, 4) is 0 Å². The van der Waals surface area contributed by atoms with Crippen molar-refractivity contribution in [2.24, 2.45) is 5.84 Å². The van der Waals surface area contributed by atoms with E-state index in [1.54, 1.807) is 6.07 Å². The molecule has 106 valence electrons. The first kappa shape index (κ1) is 14.5. The molecule has 0 spiro atoms. The van der Waals surface area contributed by atoms with Crippen LogP contribution in [0, 0.1) is 0 Å². The minimum absolute atomic E-state index is 0.161. The van der Waals surface area contributed by atoms with Crippen LogP contribution in [0.5, 0.6) is 0 Å². The Morgan fingerprint density at radius 2 is 2.20 bits per heavy atom. The SMILES string of the molecule is CN(Cc1cc(C(=O)NN)no1)Cc1ccccc1Cl. The summed E-state index contributed by atoms with van der Waals surface area (Å²) >= 11 is 6.11. The molecular formula is C13H15ClN4O2. The number of nitrogens with two attached hydrogens (primary N) is 1. The van der Waals surface area contributed by atoms with Crippen LogP contribution in [0.15, 0.2) is 34.9 Å². The summed E-state index contributed by atoms with van der Waals surface area (Å²) in [6.45, 7) is 1.18. The monoisotopic (exact) mass is 294 g/mol. The van der Waals surface area contributed by atoms with Gasteiger partial charge in [0.15, 0.2) is 11.5 Å². The Morgan fingerprint density at radius 1 is 1.45 bits per heavy atom. The number of carbonyl (C=O) groups excluding carboxylic acids is 1. The highest BCUT2D eigenvalue weighted by molar-refractivity contribution is 6.31. The van der Waals surface area contributed by atoms with Crippen molar-refractivity contribution in [2.45, 2.75) is 13.1 Å². The topological polar surface area (TPSA) is 84.4 Å². The van der Waals surface area contributed by atoms with Gasteiger partial charge in [0.05, 0.1) is 6.54 Å². The lowest BCUT2D eigenvalue weighted by Gasteiger charge is -2.15. The largest absolute Gasteiger partial charge is 0.359 e. The molecule has 0 aliphatic carbocycles. The number of hydrazine groups is 1. The van der Waals surface area contributed by atoms with E-state index in [-0.39, 0.29) is 5.69 Å². The summed E-state index contributed by atoms with van der Waals surface area (Å²) < 4.78 is 5.09. The van der Waals surface area contributed by atoms with Gasteiger partial charge in [-0.05, 0) is 18.7 Å². The van der Waals surface area contributed by atoms with Crippen LogP contribution in [0.1, 0.15) is 21.8 Å². The van der Waals surface area contributed by atoms with E-state index in [9.17, 15) is 4.79 Å². The molecule has 1 amide bonds. The summed E-state index contributed by atoms with van der Waals surface area (Å²) in [5, 5.41) is 4.37. The minimum atomic E-state index is -0.478. The molecule has 0 atom stereocenters. The lowest BCUT2D eigenvalue weighted by molar-refractivity contribution is 0.0944. The summed E-state index contributed by atoms with van der Waals surface area (Å²) in [7, 11) is 1.93. The van der Waals surface area contributed by atoms with Gasteiger partial charge in [0.25, 0.3) is 5.91 Å². The number of nitrogens with one attached hydrogen (secondary N) is 1. The highest BCUT2D eigenvalue weighted by Crippen LogP contribution is 2.17. The molecule has 20 heavy (non-hydrogen) atoms. The number of halogens is 1. The third kappa shape index (κ3) is 3.57. The summed E-state index contributed by atoms with van der Waals surface area (Å²) in [4.78, 5) is 13.3. The van der Waals surface area contributed by atoms with Gasteiger partial charge in [0.1, 0.15) is 0 Å². The van der Waals surface area contributed by atoms with Gasteiger partial charge in [-0.25, -0.2) is 5.84 Å². The fourth-order valence-electron chi connectivity index (χ4n) is 1.81. The molecule has 0 radical (unpaired) electrons. The van der Waals surface area contributed by atoms with Gasteiger partial charge in [-0.3, -0.25) is 15.1 Å². The van der Waals surface area contributed by atoms with Crippen LogP contribution in [0.4, 0.5) is 0 Å². The molecular weight excluding hydrogens is 280 g/mol. The Morgan fingerprint density at radius 3 is 2.90 bits per heavy atom. The quantitative estimate of drug-likeness (QED) is 0.497. The van der Waals surface area contributed by atoms with Crippen molar-refractivity contribution < 1.29 is 9.32 Å². The minimum Gasteiger partial charge on any atom is -0.359 e.